The molecule has 0 aliphatic rings. The van der Waals surface area contributed by atoms with Crippen molar-refractivity contribution >= 4 is 145 Å². The normalized spacial score (nSPS) is 11.9. The molecule has 63 heavy (non-hydrogen) atoms. The smallest absolute Gasteiger partial charge is 0.164 e. The van der Waals surface area contributed by atoms with Gasteiger partial charge in [0, 0.05) is 65.7 Å². The maximum atomic E-state index is 7.14. The third-order valence-electron chi connectivity index (χ3n) is 13.0. The van der Waals surface area contributed by atoms with E-state index in [2.05, 4.69) is 147 Å². The van der Waals surface area contributed by atoms with Crippen LogP contribution in [-0.4, -0.2) is 71.2 Å². The Hall–Kier alpha value is -7.44. The van der Waals surface area contributed by atoms with E-state index in [9.17, 15) is 0 Å². The Morgan fingerprint density at radius 1 is 0.397 bits per heavy atom. The van der Waals surface area contributed by atoms with Gasteiger partial charge in [-0.15, -0.1) is 0 Å². The van der Waals surface area contributed by atoms with E-state index in [1.54, 1.807) is 0 Å². The summed E-state index contributed by atoms with van der Waals surface area (Å²) in [6.07, 6.45) is 0. The summed E-state index contributed by atoms with van der Waals surface area (Å²) in [6, 6.07) is 53.3. The van der Waals surface area contributed by atoms with Gasteiger partial charge < -0.3 is 13.6 Å². The lowest BCUT2D eigenvalue weighted by molar-refractivity contribution is 0.666. The van der Waals surface area contributed by atoms with Gasteiger partial charge in [-0.3, -0.25) is 0 Å². The average molecular weight is 801 g/mol. The zero-order valence-corrected chi connectivity index (χ0v) is 36.1. The Labute approximate surface area is 369 Å². The molecule has 0 bridgehead atoms. The lowest BCUT2D eigenvalue weighted by atomic mass is 9.74. The first-order valence-corrected chi connectivity index (χ1v) is 21.6. The first-order chi connectivity index (χ1) is 30.7. The van der Waals surface area contributed by atoms with Crippen molar-refractivity contribution in [2.75, 3.05) is 0 Å². The van der Waals surface area contributed by atoms with Crippen LogP contribution < -0.4 is 32.8 Å². The van der Waals surface area contributed by atoms with Gasteiger partial charge in [0.2, 0.25) is 0 Å². The predicted molar refractivity (Wildman–Crippen MR) is 281 cm³/mol. The molecule has 0 aliphatic carbocycles. The number of furan rings is 1. The van der Waals surface area contributed by atoms with E-state index in [0.29, 0.717) is 17.5 Å². The summed E-state index contributed by atoms with van der Waals surface area (Å²) in [5.74, 6) is 1.84. The fourth-order valence-corrected chi connectivity index (χ4v) is 10.3. The Kier molecular flexibility index (Phi) is 8.32. The lowest BCUT2D eigenvalue weighted by Crippen LogP contribution is -2.27. The van der Waals surface area contributed by atoms with Gasteiger partial charge in [-0.05, 0) is 30.3 Å². The van der Waals surface area contributed by atoms with Crippen molar-refractivity contribution in [2.45, 2.75) is 0 Å². The van der Waals surface area contributed by atoms with Crippen LogP contribution in [0.15, 0.2) is 156 Å². The molecule has 4 aromatic heterocycles. The number of nitrogens with zero attached hydrogens (tertiary/aromatic N) is 5. The summed E-state index contributed by atoms with van der Waals surface area (Å²) in [7, 11) is 13.5. The number of hydrogen-bond acceptors (Lipinski definition) is 4. The van der Waals surface area contributed by atoms with Gasteiger partial charge in [0.05, 0.1) is 16.7 Å². The first kappa shape index (κ1) is 37.3. The monoisotopic (exact) mass is 801 g/mol. The van der Waals surface area contributed by atoms with Gasteiger partial charge >= 0.3 is 0 Å². The van der Waals surface area contributed by atoms with Crippen LogP contribution in [0.2, 0.25) is 0 Å². The van der Waals surface area contributed by atoms with E-state index in [1.165, 1.54) is 76.4 Å². The molecule has 0 amide bonds. The number of aromatic nitrogens is 5. The summed E-state index contributed by atoms with van der Waals surface area (Å²) < 4.78 is 12.2. The molecule has 0 atom stereocenters. The predicted octanol–water partition coefficient (Wildman–Crippen LogP) is 2.52. The first-order valence-electron chi connectivity index (χ1n) is 21.6. The van der Waals surface area contributed by atoms with Crippen molar-refractivity contribution in [1.82, 2.24) is 24.1 Å². The van der Waals surface area contributed by atoms with Crippen LogP contribution in [-0.2, 0) is 0 Å². The molecule has 0 N–H and O–H groups in total. The van der Waals surface area contributed by atoms with E-state index < -0.39 is 0 Å². The second-order valence-corrected chi connectivity index (χ2v) is 17.2. The number of rotatable bonds is 5. The molecular weight excluding hydrogens is 763 g/mol. The molecule has 12 heteroatoms. The number of para-hydroxylation sites is 2. The minimum atomic E-state index is 0.589. The van der Waals surface area contributed by atoms with Gasteiger partial charge in [0.15, 0.2) is 23.1 Å². The summed E-state index contributed by atoms with van der Waals surface area (Å²) in [6.45, 7) is 0. The van der Waals surface area contributed by atoms with Crippen LogP contribution in [0.3, 0.4) is 0 Å². The molecule has 12 aromatic rings. The maximum Gasteiger partial charge on any atom is 0.164 e. The van der Waals surface area contributed by atoms with Gasteiger partial charge in [0.25, 0.3) is 0 Å². The van der Waals surface area contributed by atoms with Gasteiger partial charge in [0.1, 0.15) is 52.7 Å². The molecule has 290 valence electrons. The highest BCUT2D eigenvalue weighted by Gasteiger charge is 2.27. The molecule has 8 aromatic carbocycles. The van der Waals surface area contributed by atoms with Crippen LogP contribution in [0.5, 0.6) is 0 Å². The largest absolute Gasteiger partial charge is 0.454 e. The van der Waals surface area contributed by atoms with E-state index >= 15 is 0 Å². The SMILES string of the molecule is Bc1cc(B)c2c(c1)c1c(B)c(B)c3c4cc(B)cc(B)c4n(-c4cccc5c4oc4cc(-c6nc(-c7ccccc7)nc(-c7ccccc7)n6)ccc45)c3c1n2-c1ccccc1. The molecule has 0 radical (unpaired) electrons. The van der Waals surface area contributed by atoms with Crippen LogP contribution in [0.25, 0.3) is 111 Å². The van der Waals surface area contributed by atoms with E-state index in [0.717, 1.165) is 50.0 Å². The van der Waals surface area contributed by atoms with Crippen molar-refractivity contribution < 1.29 is 4.42 Å². The third-order valence-corrected chi connectivity index (χ3v) is 13.0. The van der Waals surface area contributed by atoms with Gasteiger partial charge in [-0.25, -0.2) is 15.0 Å². The van der Waals surface area contributed by atoms with Crippen LogP contribution in [0.1, 0.15) is 0 Å². The average Bonchev–Trinajstić information content (AvgIpc) is 3.97. The minimum absolute atomic E-state index is 0.589. The fraction of sp³-hybridized carbons (Fsp3) is 0. The molecular formula is C51H37B6N5O. The van der Waals surface area contributed by atoms with E-state index in [1.807, 2.05) is 60.7 Å². The molecule has 12 rings (SSSR count). The van der Waals surface area contributed by atoms with Crippen molar-refractivity contribution in [1.29, 1.82) is 0 Å². The van der Waals surface area contributed by atoms with Crippen molar-refractivity contribution in [3.8, 4) is 45.5 Å². The summed E-state index contributed by atoms with van der Waals surface area (Å²) in [5.41, 5.74) is 18.8. The van der Waals surface area contributed by atoms with Gasteiger partial charge in [-0.2, -0.15) is 0 Å². The zero-order valence-electron chi connectivity index (χ0n) is 36.1. The Balaban J connectivity index is 1.17. The molecule has 0 unspecified atom stereocenters. The quantitative estimate of drug-likeness (QED) is 0.252. The van der Waals surface area contributed by atoms with Crippen LogP contribution in [0, 0.1) is 0 Å². The van der Waals surface area contributed by atoms with Crippen molar-refractivity contribution in [2.24, 2.45) is 0 Å². The third kappa shape index (κ3) is 5.63. The lowest BCUT2D eigenvalue weighted by Gasteiger charge is -2.15. The molecule has 0 saturated heterocycles. The van der Waals surface area contributed by atoms with E-state index in [4.69, 9.17) is 19.4 Å². The number of hydrogen-bond donors (Lipinski definition) is 0. The fourth-order valence-electron chi connectivity index (χ4n) is 10.3. The van der Waals surface area contributed by atoms with Crippen molar-refractivity contribution in [3.63, 3.8) is 0 Å². The second-order valence-electron chi connectivity index (χ2n) is 17.2. The minimum Gasteiger partial charge on any atom is -0.454 e. The molecule has 0 saturated carbocycles. The highest BCUT2D eigenvalue weighted by molar-refractivity contribution is 6.61. The summed E-state index contributed by atoms with van der Waals surface area (Å²) in [4.78, 5) is 15.0. The zero-order chi connectivity index (χ0) is 42.7. The maximum absolute atomic E-state index is 7.14. The van der Waals surface area contributed by atoms with Crippen LogP contribution >= 0.6 is 0 Å². The van der Waals surface area contributed by atoms with Crippen LogP contribution in [0.4, 0.5) is 0 Å². The second kappa shape index (κ2) is 14.0. The molecule has 0 fully saturated rings. The molecule has 0 spiro atoms. The number of benzene rings is 8. The van der Waals surface area contributed by atoms with Crippen molar-refractivity contribution in [3.05, 3.63) is 152 Å². The van der Waals surface area contributed by atoms with Gasteiger partial charge in [-0.1, -0.05) is 154 Å². The van der Waals surface area contributed by atoms with E-state index in [-0.39, 0.29) is 0 Å². The highest BCUT2D eigenvalue weighted by atomic mass is 16.3. The number of fused-ring (bicyclic) bond motifs is 10. The Bertz CT molecular complexity index is 3810. The standard InChI is InChI=1S/C51H37B6N5O/c52-29-22-34-40-42(56)43(57)41-35-23-30(53)25-37(55)45(35)62(47(41)46(40)61(44(34)36(54)24-29)31-15-8-3-9-16-31)38-18-10-17-33-32-20-19-28(21-39(32)63-48(33)38)51-59-49(26-11-4-1-5-12-26)58-50(60-51)27-13-6-2-7-14-27/h1-25H,52-57H2. The molecule has 4 heterocycles. The Morgan fingerprint density at radius 2 is 0.905 bits per heavy atom. The highest BCUT2D eigenvalue weighted by Crippen LogP contribution is 2.42. The molecule has 6 nitrogen and oxygen atoms in total. The summed E-state index contributed by atoms with van der Waals surface area (Å²) >= 11 is 0. The summed E-state index contributed by atoms with van der Waals surface area (Å²) in [5, 5.41) is 7.16. The molecule has 0 aliphatic heterocycles. The topological polar surface area (TPSA) is 61.7 Å². The Morgan fingerprint density at radius 3 is 1.48 bits per heavy atom.